The van der Waals surface area contributed by atoms with Gasteiger partial charge in [0.2, 0.25) is 5.91 Å². The molecule has 0 saturated heterocycles. The molecule has 0 spiro atoms. The lowest BCUT2D eigenvalue weighted by molar-refractivity contribution is -0.119. The highest BCUT2D eigenvalue weighted by molar-refractivity contribution is 7.99. The summed E-state index contributed by atoms with van der Waals surface area (Å²) >= 11 is 7.49. The Morgan fingerprint density at radius 2 is 2.07 bits per heavy atom. The summed E-state index contributed by atoms with van der Waals surface area (Å²) < 4.78 is 15.1. The molecule has 140 valence electrons. The smallest absolute Gasteiger partial charge is 0.230 e. The highest BCUT2D eigenvalue weighted by atomic mass is 35.5. The van der Waals surface area contributed by atoms with E-state index < -0.39 is 6.04 Å². The number of benzene rings is 2. The fraction of sp³-hybridized carbons (Fsp3) is 0.200. The largest absolute Gasteiger partial charge is 0.341 e. The Labute approximate surface area is 166 Å². The van der Waals surface area contributed by atoms with Crippen LogP contribution in [0.2, 0.25) is 5.02 Å². The minimum absolute atomic E-state index is 0.112. The predicted molar refractivity (Wildman–Crippen MR) is 107 cm³/mol. The zero-order valence-electron chi connectivity index (χ0n) is 14.7. The fourth-order valence-electron chi connectivity index (χ4n) is 2.70. The van der Waals surface area contributed by atoms with Crippen LogP contribution in [0, 0.1) is 5.82 Å². The molecule has 1 atom stereocenters. The van der Waals surface area contributed by atoms with Gasteiger partial charge in [0.15, 0.2) is 0 Å². The van der Waals surface area contributed by atoms with Gasteiger partial charge in [-0.1, -0.05) is 35.9 Å². The summed E-state index contributed by atoms with van der Waals surface area (Å²) in [5.41, 5.74) is 1.85. The highest BCUT2D eigenvalue weighted by Gasteiger charge is 2.20. The lowest BCUT2D eigenvalue weighted by Crippen LogP contribution is -2.32. The number of aryl methyl sites for hydroxylation is 1. The average molecular weight is 404 g/mol. The number of nitrogens with zero attached hydrogens (tertiary/aromatic N) is 2. The SMILES string of the molecule is Cn1ccnc1C(NC(=O)CSCc1cccc(Cl)c1)c1ccc(F)cc1. The average Bonchev–Trinajstić information content (AvgIpc) is 3.06. The van der Waals surface area contributed by atoms with E-state index in [-0.39, 0.29) is 11.7 Å². The van der Waals surface area contributed by atoms with E-state index in [0.29, 0.717) is 22.4 Å². The normalized spacial score (nSPS) is 12.0. The first-order valence-electron chi connectivity index (χ1n) is 8.37. The molecule has 1 aromatic heterocycles. The molecule has 7 heteroatoms. The molecule has 4 nitrogen and oxygen atoms in total. The van der Waals surface area contributed by atoms with Crippen molar-refractivity contribution in [3.63, 3.8) is 0 Å². The third-order valence-electron chi connectivity index (χ3n) is 4.02. The number of amides is 1. The van der Waals surface area contributed by atoms with Gasteiger partial charge in [-0.3, -0.25) is 4.79 Å². The molecule has 3 rings (SSSR count). The Morgan fingerprint density at radius 3 is 2.74 bits per heavy atom. The van der Waals surface area contributed by atoms with Crippen molar-refractivity contribution in [3.8, 4) is 0 Å². The quantitative estimate of drug-likeness (QED) is 0.637. The Bertz CT molecular complexity index is 914. The molecule has 0 fully saturated rings. The lowest BCUT2D eigenvalue weighted by atomic mass is 10.1. The first kappa shape index (κ1) is 19.5. The maximum atomic E-state index is 13.3. The number of carbonyl (C=O) groups is 1. The van der Waals surface area contributed by atoms with Crippen LogP contribution in [0.25, 0.3) is 0 Å². The number of thioether (sulfide) groups is 1. The van der Waals surface area contributed by atoms with Crippen molar-refractivity contribution in [2.24, 2.45) is 7.05 Å². The number of halogens is 2. The van der Waals surface area contributed by atoms with E-state index in [0.717, 1.165) is 11.1 Å². The number of rotatable bonds is 7. The van der Waals surface area contributed by atoms with Crippen LogP contribution in [0.4, 0.5) is 4.39 Å². The van der Waals surface area contributed by atoms with E-state index in [2.05, 4.69) is 10.3 Å². The topological polar surface area (TPSA) is 46.9 Å². The molecule has 0 aliphatic heterocycles. The number of aromatic nitrogens is 2. The Balaban J connectivity index is 1.66. The summed E-state index contributed by atoms with van der Waals surface area (Å²) in [7, 11) is 1.86. The Morgan fingerprint density at radius 1 is 1.30 bits per heavy atom. The fourth-order valence-corrected chi connectivity index (χ4v) is 3.70. The molecule has 0 radical (unpaired) electrons. The summed E-state index contributed by atoms with van der Waals surface area (Å²) in [6, 6.07) is 13.2. The van der Waals surface area contributed by atoms with Gasteiger partial charge in [0.25, 0.3) is 0 Å². The van der Waals surface area contributed by atoms with Crippen molar-refractivity contribution in [1.29, 1.82) is 0 Å². The molecule has 1 heterocycles. The standard InChI is InChI=1S/C20H19ClFN3OS/c1-25-10-9-23-20(25)19(15-5-7-17(22)8-6-15)24-18(26)13-27-12-14-3-2-4-16(21)11-14/h2-11,19H,12-13H2,1H3,(H,24,26). The molecule has 27 heavy (non-hydrogen) atoms. The number of hydrogen-bond acceptors (Lipinski definition) is 3. The van der Waals surface area contributed by atoms with E-state index in [4.69, 9.17) is 11.6 Å². The van der Waals surface area contributed by atoms with Crippen molar-refractivity contribution in [3.05, 3.63) is 88.7 Å². The van der Waals surface area contributed by atoms with Crippen LogP contribution in [0.3, 0.4) is 0 Å². The molecule has 0 saturated carbocycles. The summed E-state index contributed by atoms with van der Waals surface area (Å²) in [6.45, 7) is 0. The molecule has 0 aliphatic rings. The number of nitrogens with one attached hydrogen (secondary N) is 1. The second kappa shape index (κ2) is 9.06. The van der Waals surface area contributed by atoms with E-state index in [1.165, 1.54) is 23.9 Å². The van der Waals surface area contributed by atoms with Gasteiger partial charge in [-0.15, -0.1) is 11.8 Å². The third kappa shape index (κ3) is 5.34. The second-order valence-electron chi connectivity index (χ2n) is 6.07. The summed E-state index contributed by atoms with van der Waals surface area (Å²) in [5, 5.41) is 3.69. The van der Waals surface area contributed by atoms with Gasteiger partial charge in [-0.25, -0.2) is 9.37 Å². The van der Waals surface area contributed by atoms with Crippen molar-refractivity contribution in [2.45, 2.75) is 11.8 Å². The highest BCUT2D eigenvalue weighted by Crippen LogP contribution is 2.22. The van der Waals surface area contributed by atoms with Gasteiger partial charge in [-0.05, 0) is 35.4 Å². The van der Waals surface area contributed by atoms with Crippen molar-refractivity contribution < 1.29 is 9.18 Å². The summed E-state index contributed by atoms with van der Waals surface area (Å²) in [6.07, 6.45) is 3.48. The zero-order valence-corrected chi connectivity index (χ0v) is 16.3. The minimum Gasteiger partial charge on any atom is -0.341 e. The van der Waals surface area contributed by atoms with Crippen molar-refractivity contribution in [2.75, 3.05) is 5.75 Å². The van der Waals surface area contributed by atoms with E-state index >= 15 is 0 Å². The molecule has 1 amide bonds. The monoisotopic (exact) mass is 403 g/mol. The van der Waals surface area contributed by atoms with Gasteiger partial charge in [0.05, 0.1) is 5.75 Å². The number of imidazole rings is 1. The predicted octanol–water partition coefficient (Wildman–Crippen LogP) is 4.35. The Hall–Kier alpha value is -2.31. The van der Waals surface area contributed by atoms with Crippen LogP contribution >= 0.6 is 23.4 Å². The van der Waals surface area contributed by atoms with Gasteiger partial charge in [0.1, 0.15) is 17.7 Å². The van der Waals surface area contributed by atoms with Gasteiger partial charge < -0.3 is 9.88 Å². The van der Waals surface area contributed by atoms with E-state index in [1.54, 1.807) is 18.3 Å². The van der Waals surface area contributed by atoms with Gasteiger partial charge in [0, 0.05) is 30.2 Å². The zero-order chi connectivity index (χ0) is 19.2. The Kier molecular flexibility index (Phi) is 6.53. The molecule has 2 aromatic carbocycles. The first-order valence-corrected chi connectivity index (χ1v) is 9.90. The van der Waals surface area contributed by atoms with Crippen LogP contribution in [0.5, 0.6) is 0 Å². The van der Waals surface area contributed by atoms with E-state index in [1.807, 2.05) is 42.1 Å². The number of hydrogen-bond donors (Lipinski definition) is 1. The van der Waals surface area contributed by atoms with Gasteiger partial charge >= 0.3 is 0 Å². The van der Waals surface area contributed by atoms with Crippen LogP contribution < -0.4 is 5.32 Å². The molecule has 0 bridgehead atoms. The van der Waals surface area contributed by atoms with Crippen LogP contribution in [-0.4, -0.2) is 21.2 Å². The van der Waals surface area contributed by atoms with Crippen molar-refractivity contribution in [1.82, 2.24) is 14.9 Å². The molecule has 1 unspecified atom stereocenters. The maximum Gasteiger partial charge on any atom is 0.230 e. The molecular weight excluding hydrogens is 385 g/mol. The molecule has 0 aliphatic carbocycles. The third-order valence-corrected chi connectivity index (χ3v) is 5.26. The second-order valence-corrected chi connectivity index (χ2v) is 7.49. The summed E-state index contributed by atoms with van der Waals surface area (Å²) in [4.78, 5) is 16.8. The van der Waals surface area contributed by atoms with Crippen LogP contribution in [-0.2, 0) is 17.6 Å². The number of carbonyl (C=O) groups excluding carboxylic acids is 1. The summed E-state index contributed by atoms with van der Waals surface area (Å²) in [5.74, 6) is 1.25. The maximum absolute atomic E-state index is 13.3. The van der Waals surface area contributed by atoms with Gasteiger partial charge in [-0.2, -0.15) is 0 Å². The lowest BCUT2D eigenvalue weighted by Gasteiger charge is -2.19. The molecule has 1 N–H and O–H groups in total. The minimum atomic E-state index is -0.440. The van der Waals surface area contributed by atoms with Crippen LogP contribution in [0.15, 0.2) is 60.9 Å². The molecular formula is C20H19ClFN3OS. The van der Waals surface area contributed by atoms with E-state index in [9.17, 15) is 9.18 Å². The molecule has 3 aromatic rings. The van der Waals surface area contributed by atoms with Crippen LogP contribution in [0.1, 0.15) is 23.0 Å². The van der Waals surface area contributed by atoms with Crippen molar-refractivity contribution >= 4 is 29.3 Å². The first-order chi connectivity index (χ1) is 13.0.